The number of carbonyl (C=O) groups excluding carboxylic acids is 3. The van der Waals surface area contributed by atoms with Gasteiger partial charge in [0.1, 0.15) is 5.75 Å². The number of hydrogen-bond acceptors (Lipinski definition) is 5. The first-order valence-corrected chi connectivity index (χ1v) is 17.5. The molecule has 3 amide bonds. The number of benzene rings is 5. The summed E-state index contributed by atoms with van der Waals surface area (Å²) in [5.41, 5.74) is 7.17. The van der Waals surface area contributed by atoms with E-state index in [4.69, 9.17) is 10.00 Å². The first kappa shape index (κ1) is 35.6. The molecule has 0 radical (unpaired) electrons. The van der Waals surface area contributed by atoms with E-state index in [0.29, 0.717) is 37.2 Å². The van der Waals surface area contributed by atoms with Crippen molar-refractivity contribution in [3.05, 3.63) is 150 Å². The maximum atomic E-state index is 14.0. The van der Waals surface area contributed by atoms with Gasteiger partial charge in [0.15, 0.2) is 0 Å². The van der Waals surface area contributed by atoms with Gasteiger partial charge in [0.2, 0.25) is 11.8 Å². The number of amides is 3. The largest absolute Gasteiger partial charge is 0.415 e. The molecule has 8 nitrogen and oxygen atoms in total. The number of hydrogen-bond donors (Lipinski definition) is 2. The fraction of sp³-hybridized carbons (Fsp3) is 0.227. The topological polar surface area (TPSA) is 112 Å². The van der Waals surface area contributed by atoms with E-state index in [1.807, 2.05) is 85.8 Å². The lowest BCUT2D eigenvalue weighted by Crippen LogP contribution is -2.48. The molecule has 1 heterocycles. The summed E-state index contributed by atoms with van der Waals surface area (Å²) in [6.45, 7) is 2.88. The molecule has 1 saturated heterocycles. The molecular formula is C44H42N4O4. The second-order valence-electron chi connectivity index (χ2n) is 13.4. The van der Waals surface area contributed by atoms with Crippen LogP contribution in [-0.4, -0.2) is 42.9 Å². The minimum Gasteiger partial charge on any atom is -0.410 e. The van der Waals surface area contributed by atoms with E-state index < -0.39 is 17.6 Å². The van der Waals surface area contributed by atoms with Crippen LogP contribution in [0.15, 0.2) is 127 Å². The van der Waals surface area contributed by atoms with Gasteiger partial charge >= 0.3 is 6.09 Å². The third-order valence-electron chi connectivity index (χ3n) is 9.97. The number of nitrogens with one attached hydrogen (secondary N) is 2. The fourth-order valence-corrected chi connectivity index (χ4v) is 6.84. The molecule has 0 saturated carbocycles. The van der Waals surface area contributed by atoms with Crippen LogP contribution >= 0.6 is 0 Å². The number of nitrogens with zero attached hydrogens (tertiary/aromatic N) is 2. The maximum Gasteiger partial charge on any atom is 0.415 e. The average molecular weight is 691 g/mol. The summed E-state index contributed by atoms with van der Waals surface area (Å²) in [5, 5.41) is 14.9. The maximum absolute atomic E-state index is 14.0. The van der Waals surface area contributed by atoms with Crippen LogP contribution in [0.1, 0.15) is 54.0 Å². The molecule has 0 bridgehead atoms. The third-order valence-corrected chi connectivity index (χ3v) is 9.97. The molecule has 262 valence electrons. The van der Waals surface area contributed by atoms with Gasteiger partial charge in [-0.25, -0.2) is 4.79 Å². The first-order chi connectivity index (χ1) is 25.2. The van der Waals surface area contributed by atoms with Crippen molar-refractivity contribution in [2.24, 2.45) is 0 Å². The van der Waals surface area contributed by atoms with Gasteiger partial charge in [-0.3, -0.25) is 9.59 Å². The summed E-state index contributed by atoms with van der Waals surface area (Å²) < 4.78 is 5.76. The average Bonchev–Trinajstić information content (AvgIpc) is 3.18. The summed E-state index contributed by atoms with van der Waals surface area (Å²) >= 11 is 0. The fourth-order valence-electron chi connectivity index (χ4n) is 6.84. The van der Waals surface area contributed by atoms with Gasteiger partial charge in [-0.05, 0) is 77.4 Å². The predicted molar refractivity (Wildman–Crippen MR) is 202 cm³/mol. The lowest BCUT2D eigenvalue weighted by Gasteiger charge is -2.42. The molecule has 2 N–H and O–H groups in total. The minimum atomic E-state index is -0.509. The SMILES string of the molecule is CNC(=O)CC(NC(=O)CC1(c2ccc(C)cc2)CCN(C(=O)Oc2ccc(-c3ccc(C#N)cc3)cc2)CC1)c1ccc(-c2ccccc2)cc1. The van der Waals surface area contributed by atoms with Crippen LogP contribution in [-0.2, 0) is 15.0 Å². The molecule has 1 fully saturated rings. The lowest BCUT2D eigenvalue weighted by atomic mass is 9.70. The van der Waals surface area contributed by atoms with Crippen LogP contribution in [0.25, 0.3) is 22.3 Å². The van der Waals surface area contributed by atoms with E-state index in [0.717, 1.165) is 38.9 Å². The Hall–Kier alpha value is -6.20. The number of likely N-dealkylation sites (tertiary alicyclic amines) is 1. The molecule has 5 aromatic rings. The summed E-state index contributed by atoms with van der Waals surface area (Å²) in [6.07, 6.45) is 1.03. The number of ether oxygens (including phenoxy) is 1. The van der Waals surface area contributed by atoms with Crippen molar-refractivity contribution in [2.45, 2.75) is 44.1 Å². The van der Waals surface area contributed by atoms with Gasteiger partial charge in [-0.2, -0.15) is 5.26 Å². The number of rotatable bonds is 10. The Morgan fingerprint density at radius 1 is 0.750 bits per heavy atom. The third kappa shape index (κ3) is 8.56. The van der Waals surface area contributed by atoms with E-state index in [-0.39, 0.29) is 24.7 Å². The Balaban J connectivity index is 1.14. The molecule has 0 aliphatic carbocycles. The van der Waals surface area contributed by atoms with E-state index >= 15 is 0 Å². The van der Waals surface area contributed by atoms with Crippen LogP contribution in [0.2, 0.25) is 0 Å². The predicted octanol–water partition coefficient (Wildman–Crippen LogP) is 8.12. The summed E-state index contributed by atoms with van der Waals surface area (Å²) in [4.78, 5) is 41.5. The van der Waals surface area contributed by atoms with E-state index in [1.165, 1.54) is 0 Å². The van der Waals surface area contributed by atoms with E-state index in [2.05, 4.69) is 41.0 Å². The van der Waals surface area contributed by atoms with E-state index in [1.54, 1.807) is 36.2 Å². The number of carbonyl (C=O) groups is 3. The van der Waals surface area contributed by atoms with Crippen LogP contribution in [0.3, 0.4) is 0 Å². The zero-order valence-corrected chi connectivity index (χ0v) is 29.5. The van der Waals surface area contributed by atoms with Gasteiger partial charge in [0.05, 0.1) is 24.1 Å². The van der Waals surface area contributed by atoms with Crippen LogP contribution in [0.4, 0.5) is 4.79 Å². The molecule has 8 heteroatoms. The highest BCUT2D eigenvalue weighted by atomic mass is 16.6. The summed E-state index contributed by atoms with van der Waals surface area (Å²) in [7, 11) is 1.59. The van der Waals surface area contributed by atoms with Crippen molar-refractivity contribution in [1.82, 2.24) is 15.5 Å². The van der Waals surface area contributed by atoms with E-state index in [9.17, 15) is 14.4 Å². The van der Waals surface area contributed by atoms with Crippen molar-refractivity contribution < 1.29 is 19.1 Å². The van der Waals surface area contributed by atoms with Gasteiger partial charge in [0.25, 0.3) is 0 Å². The second kappa shape index (κ2) is 16.2. The van der Waals surface area contributed by atoms with Crippen LogP contribution in [0, 0.1) is 18.3 Å². The molecule has 0 aromatic heterocycles. The monoisotopic (exact) mass is 690 g/mol. The number of piperidine rings is 1. The Morgan fingerprint density at radius 2 is 1.31 bits per heavy atom. The van der Waals surface area contributed by atoms with Crippen LogP contribution < -0.4 is 15.4 Å². The number of aryl methyl sites for hydroxylation is 1. The molecule has 52 heavy (non-hydrogen) atoms. The van der Waals surface area contributed by atoms with Crippen molar-refractivity contribution in [3.8, 4) is 34.1 Å². The quantitative estimate of drug-likeness (QED) is 0.154. The molecular weight excluding hydrogens is 649 g/mol. The Morgan fingerprint density at radius 3 is 1.88 bits per heavy atom. The molecule has 6 rings (SSSR count). The molecule has 1 unspecified atom stereocenters. The Bertz CT molecular complexity index is 2030. The summed E-state index contributed by atoms with van der Waals surface area (Å²) in [5.74, 6) is 0.123. The van der Waals surface area contributed by atoms with Gasteiger partial charge < -0.3 is 20.3 Å². The van der Waals surface area contributed by atoms with Crippen molar-refractivity contribution in [2.75, 3.05) is 20.1 Å². The molecule has 1 aliphatic rings. The Labute approximate surface area is 305 Å². The minimum absolute atomic E-state index is 0.110. The summed E-state index contributed by atoms with van der Waals surface area (Å²) in [6, 6.07) is 42.5. The zero-order chi connectivity index (χ0) is 36.5. The van der Waals surface area contributed by atoms with Crippen molar-refractivity contribution in [1.29, 1.82) is 5.26 Å². The molecule has 5 aromatic carbocycles. The van der Waals surface area contributed by atoms with Crippen molar-refractivity contribution >= 4 is 17.9 Å². The molecule has 1 atom stereocenters. The van der Waals surface area contributed by atoms with Crippen molar-refractivity contribution in [3.63, 3.8) is 0 Å². The smallest absolute Gasteiger partial charge is 0.410 e. The zero-order valence-electron chi connectivity index (χ0n) is 29.5. The van der Waals surface area contributed by atoms with Gasteiger partial charge in [-0.15, -0.1) is 0 Å². The highest BCUT2D eigenvalue weighted by Gasteiger charge is 2.40. The highest BCUT2D eigenvalue weighted by molar-refractivity contribution is 5.81. The van der Waals surface area contributed by atoms with Gasteiger partial charge in [-0.1, -0.05) is 109 Å². The van der Waals surface area contributed by atoms with Gasteiger partial charge in [0, 0.05) is 32.0 Å². The molecule has 1 aliphatic heterocycles. The molecule has 0 spiro atoms. The second-order valence-corrected chi connectivity index (χ2v) is 13.4. The standard InChI is InChI=1S/C44H42N4O4/c1-31-8-20-38(21-9-31)44(29-42(50)47-40(28-41(49)46-2)37-16-14-35(15-17-37)33-6-4-3-5-7-33)24-26-48(27-25-44)43(51)52-39-22-18-36(19-23-39)34-12-10-32(30-45)11-13-34/h3-23,40H,24-29H2,1-2H3,(H,46,49)(H,47,50). The Kier molecular flexibility index (Phi) is 11.1. The highest BCUT2D eigenvalue weighted by Crippen LogP contribution is 2.39. The number of nitriles is 1. The van der Waals surface area contributed by atoms with Crippen LogP contribution in [0.5, 0.6) is 5.75 Å². The normalized spacial score (nSPS) is 14.1. The first-order valence-electron chi connectivity index (χ1n) is 17.5. The lowest BCUT2D eigenvalue weighted by molar-refractivity contribution is -0.124.